The van der Waals surface area contributed by atoms with Crippen molar-refractivity contribution in [1.82, 2.24) is 4.98 Å². The lowest BCUT2D eigenvalue weighted by Crippen LogP contribution is -2.95. The number of nitrogens with two attached hydrogens (primary N) is 1. The fraction of sp³-hybridized carbons (Fsp3) is 0. The molecule has 56 valence electrons. The Hall–Kier alpha value is -1.46. The van der Waals surface area contributed by atoms with Gasteiger partial charge in [-0.3, -0.25) is 0 Å². The minimum atomic E-state index is -0.300. The first-order chi connectivity index (χ1) is 5.29. The second kappa shape index (κ2) is 2.01. The van der Waals surface area contributed by atoms with Crippen LogP contribution in [0.25, 0.3) is 0 Å². The van der Waals surface area contributed by atoms with Crippen molar-refractivity contribution in [3.8, 4) is 0 Å². The van der Waals surface area contributed by atoms with Crippen LogP contribution in [0.15, 0.2) is 23.4 Å². The van der Waals surface area contributed by atoms with Crippen LogP contribution in [0.4, 0.5) is 5.69 Å². The third kappa shape index (κ3) is 0.787. The van der Waals surface area contributed by atoms with E-state index in [4.69, 9.17) is 5.73 Å². The van der Waals surface area contributed by atoms with E-state index in [-0.39, 0.29) is 11.0 Å². The molecule has 1 aliphatic rings. The van der Waals surface area contributed by atoms with Crippen LogP contribution in [0, 0.1) is 5.21 Å². The zero-order valence-electron chi connectivity index (χ0n) is 5.61. The number of amidine groups is 1. The summed E-state index contributed by atoms with van der Waals surface area (Å²) in [6, 6.07) is 3.35. The Morgan fingerprint density at radius 2 is 2.36 bits per heavy atom. The molecule has 1 aromatic heterocycles. The van der Waals surface area contributed by atoms with Crippen molar-refractivity contribution in [1.29, 1.82) is 0 Å². The zero-order valence-corrected chi connectivity index (χ0v) is 5.61. The van der Waals surface area contributed by atoms with E-state index >= 15 is 0 Å². The van der Waals surface area contributed by atoms with E-state index < -0.39 is 0 Å². The molecule has 0 spiro atoms. The Labute approximate surface area is 62.7 Å². The first kappa shape index (κ1) is 6.26. The van der Waals surface area contributed by atoms with Crippen molar-refractivity contribution in [2.24, 2.45) is 10.8 Å². The normalized spacial score (nSPS) is 21.2. The van der Waals surface area contributed by atoms with Crippen LogP contribution in [0.1, 0.15) is 5.69 Å². The first-order valence-electron chi connectivity index (χ1n) is 3.13. The highest BCUT2D eigenvalue weighted by Gasteiger charge is 2.21. The van der Waals surface area contributed by atoms with E-state index in [1.165, 1.54) is 0 Å². The van der Waals surface area contributed by atoms with Crippen molar-refractivity contribution in [3.05, 3.63) is 29.2 Å². The minimum Gasteiger partial charge on any atom is -0.601 e. The topological polar surface area (TPSA) is 78.8 Å². The van der Waals surface area contributed by atoms with Crippen LogP contribution in [0.5, 0.6) is 0 Å². The molecule has 0 saturated carbocycles. The summed E-state index contributed by atoms with van der Waals surface area (Å²) in [4.78, 5) is 3.91. The molecule has 5 heteroatoms. The van der Waals surface area contributed by atoms with Crippen LogP contribution in [-0.4, -0.2) is 10.8 Å². The maximum atomic E-state index is 11.0. The van der Waals surface area contributed by atoms with E-state index in [9.17, 15) is 5.21 Å². The molecule has 1 aromatic rings. The van der Waals surface area contributed by atoms with Crippen molar-refractivity contribution in [2.45, 2.75) is 0 Å². The Bertz CT molecular complexity index is 322. The van der Waals surface area contributed by atoms with Gasteiger partial charge in [-0.15, -0.1) is 0 Å². The number of fused-ring (bicyclic) bond motifs is 1. The average Bonchev–Trinajstić information content (AvgIpc) is 2.30. The largest absolute Gasteiger partial charge is 0.601 e. The SMILES string of the molecule is NC1=N[NH+]([O-])c2cccnc21. The van der Waals surface area contributed by atoms with Crippen LogP contribution in [0.2, 0.25) is 0 Å². The Kier molecular flexibility index (Phi) is 1.14. The number of rotatable bonds is 0. The molecule has 3 N–H and O–H groups in total. The number of nitrogens with zero attached hydrogens (tertiary/aromatic N) is 2. The Morgan fingerprint density at radius 3 is 3.09 bits per heavy atom. The summed E-state index contributed by atoms with van der Waals surface area (Å²) in [7, 11) is 0. The lowest BCUT2D eigenvalue weighted by molar-refractivity contribution is -0.780. The second-order valence-electron chi connectivity index (χ2n) is 2.20. The van der Waals surface area contributed by atoms with E-state index in [2.05, 4.69) is 10.1 Å². The molecule has 0 fully saturated rings. The molecule has 11 heavy (non-hydrogen) atoms. The number of hydrogen-bond acceptors (Lipinski definition) is 4. The van der Waals surface area contributed by atoms with Crippen LogP contribution in [0.3, 0.4) is 0 Å². The summed E-state index contributed by atoms with van der Waals surface area (Å²) in [5.74, 6) is 0.214. The van der Waals surface area contributed by atoms with Gasteiger partial charge < -0.3 is 10.9 Å². The second-order valence-corrected chi connectivity index (χ2v) is 2.20. The van der Waals surface area contributed by atoms with Crippen LogP contribution < -0.4 is 10.9 Å². The van der Waals surface area contributed by atoms with Crippen molar-refractivity contribution in [2.75, 3.05) is 0 Å². The molecular weight excluding hydrogens is 144 g/mol. The van der Waals surface area contributed by atoms with Crippen molar-refractivity contribution >= 4 is 11.5 Å². The number of quaternary nitrogens is 1. The van der Waals surface area contributed by atoms with Crippen molar-refractivity contribution < 1.29 is 5.17 Å². The summed E-state index contributed by atoms with van der Waals surface area (Å²) in [6.45, 7) is 0. The summed E-state index contributed by atoms with van der Waals surface area (Å²) >= 11 is 0. The molecule has 0 amide bonds. The van der Waals surface area contributed by atoms with Gasteiger partial charge in [0.15, 0.2) is 11.4 Å². The lowest BCUT2D eigenvalue weighted by atomic mass is 10.3. The number of hydrogen-bond donors (Lipinski definition) is 2. The maximum absolute atomic E-state index is 11.0. The molecule has 0 radical (unpaired) electrons. The highest BCUT2D eigenvalue weighted by molar-refractivity contribution is 6.00. The zero-order chi connectivity index (χ0) is 7.84. The van der Waals surface area contributed by atoms with Gasteiger partial charge in [-0.2, -0.15) is 0 Å². The van der Waals surface area contributed by atoms with Gasteiger partial charge in [0, 0.05) is 12.3 Å². The molecule has 0 saturated heterocycles. The van der Waals surface area contributed by atoms with E-state index in [0.717, 1.165) is 0 Å². The molecule has 2 heterocycles. The van der Waals surface area contributed by atoms with E-state index in [0.29, 0.717) is 11.4 Å². The number of pyridine rings is 1. The van der Waals surface area contributed by atoms with E-state index in [1.54, 1.807) is 18.3 Å². The smallest absolute Gasteiger partial charge is 0.212 e. The molecule has 5 nitrogen and oxygen atoms in total. The van der Waals surface area contributed by atoms with Gasteiger partial charge in [-0.1, -0.05) is 5.10 Å². The van der Waals surface area contributed by atoms with E-state index in [1.807, 2.05) is 0 Å². The summed E-state index contributed by atoms with van der Waals surface area (Å²) in [6.07, 6.45) is 1.58. The quantitative estimate of drug-likeness (QED) is 0.452. The maximum Gasteiger partial charge on any atom is 0.212 e. The van der Waals surface area contributed by atoms with Gasteiger partial charge in [0.05, 0.1) is 0 Å². The lowest BCUT2D eigenvalue weighted by Gasteiger charge is -2.07. The highest BCUT2D eigenvalue weighted by atomic mass is 16.5. The molecule has 1 unspecified atom stereocenters. The van der Waals surface area contributed by atoms with Gasteiger partial charge in [0.2, 0.25) is 5.84 Å². The monoisotopic (exact) mass is 150 g/mol. The minimum absolute atomic E-state index is 0.214. The molecule has 0 bridgehead atoms. The fourth-order valence-corrected chi connectivity index (χ4v) is 1.00. The molecule has 1 atom stereocenters. The standard InChI is InChI=1S/C6H6N4O/c7-6-5-4(10(11)9-6)2-1-3-8-5/h1-3,10H,(H2,7,9). The van der Waals surface area contributed by atoms with Crippen LogP contribution in [-0.2, 0) is 0 Å². The summed E-state index contributed by atoms with van der Waals surface area (Å²) in [5.41, 5.74) is 6.39. The fourth-order valence-electron chi connectivity index (χ4n) is 1.00. The predicted molar refractivity (Wildman–Crippen MR) is 39.0 cm³/mol. The van der Waals surface area contributed by atoms with Gasteiger partial charge >= 0.3 is 0 Å². The average molecular weight is 150 g/mol. The predicted octanol–water partition coefficient (Wildman–Crippen LogP) is -1.27. The molecule has 0 aromatic carbocycles. The number of aromatic nitrogens is 1. The third-order valence-corrected chi connectivity index (χ3v) is 1.50. The third-order valence-electron chi connectivity index (χ3n) is 1.50. The first-order valence-corrected chi connectivity index (χ1v) is 3.13. The molecule has 0 aliphatic carbocycles. The highest BCUT2D eigenvalue weighted by Crippen LogP contribution is 2.09. The Balaban J connectivity index is 2.62. The van der Waals surface area contributed by atoms with Gasteiger partial charge in [-0.25, -0.2) is 10.2 Å². The molecular formula is C6H6N4O. The van der Waals surface area contributed by atoms with Crippen molar-refractivity contribution in [3.63, 3.8) is 0 Å². The van der Waals surface area contributed by atoms with Gasteiger partial charge in [-0.05, 0) is 6.07 Å². The van der Waals surface area contributed by atoms with Crippen LogP contribution >= 0.6 is 0 Å². The Morgan fingerprint density at radius 1 is 1.55 bits per heavy atom. The summed E-state index contributed by atoms with van der Waals surface area (Å²) < 4.78 is 0. The molecule has 1 aliphatic heterocycles. The summed E-state index contributed by atoms with van der Waals surface area (Å²) in [5, 5.41) is 14.2. The number of nitrogens with one attached hydrogen (secondary N) is 1. The van der Waals surface area contributed by atoms with Gasteiger partial charge in [0.25, 0.3) is 0 Å². The molecule has 2 rings (SSSR count). The van der Waals surface area contributed by atoms with Gasteiger partial charge in [0.1, 0.15) is 0 Å².